The summed E-state index contributed by atoms with van der Waals surface area (Å²) in [4.78, 5) is 0. The predicted molar refractivity (Wildman–Crippen MR) is 97.9 cm³/mol. The van der Waals surface area contributed by atoms with Gasteiger partial charge in [-0.05, 0) is 45.4 Å². The van der Waals surface area contributed by atoms with E-state index in [-0.39, 0.29) is 12.4 Å². The molecule has 2 aromatic rings. The summed E-state index contributed by atoms with van der Waals surface area (Å²) < 4.78 is 72.5. The Kier molecular flexibility index (Phi) is 5.23. The van der Waals surface area contributed by atoms with Crippen LogP contribution in [0.4, 0.5) is 17.6 Å². The van der Waals surface area contributed by atoms with Gasteiger partial charge in [-0.1, -0.05) is 30.3 Å². The number of rotatable bonds is 4. The van der Waals surface area contributed by atoms with Crippen LogP contribution in [0.3, 0.4) is 0 Å². The van der Waals surface area contributed by atoms with E-state index in [1.807, 2.05) is 6.07 Å². The first-order valence-electron chi connectivity index (χ1n) is 8.84. The quantitative estimate of drug-likeness (QED) is 0.553. The molecule has 0 amide bonds. The SMILES string of the molecule is CC1(C)OB(c2c(C(F)(F)F)ccc(OCc3ccccc3)c2F)OC1(C)C. The third-order valence-electron chi connectivity index (χ3n) is 5.18. The van der Waals surface area contributed by atoms with E-state index in [1.165, 1.54) is 0 Å². The van der Waals surface area contributed by atoms with Crippen molar-refractivity contribution < 1.29 is 31.6 Å². The second-order valence-electron chi connectivity index (χ2n) is 7.70. The van der Waals surface area contributed by atoms with Crippen LogP contribution in [0.1, 0.15) is 38.8 Å². The molecule has 0 spiro atoms. The molecule has 3 rings (SSSR count). The Bertz CT molecular complexity index is 835. The number of hydrogen-bond donors (Lipinski definition) is 0. The van der Waals surface area contributed by atoms with Crippen molar-refractivity contribution in [2.75, 3.05) is 0 Å². The van der Waals surface area contributed by atoms with E-state index in [1.54, 1.807) is 52.0 Å². The maximum atomic E-state index is 15.1. The highest BCUT2D eigenvalue weighted by Gasteiger charge is 2.55. The van der Waals surface area contributed by atoms with Crippen LogP contribution in [0.5, 0.6) is 5.75 Å². The Morgan fingerprint density at radius 2 is 1.50 bits per heavy atom. The summed E-state index contributed by atoms with van der Waals surface area (Å²) in [5.41, 5.74) is -2.90. The Morgan fingerprint density at radius 3 is 2.04 bits per heavy atom. The first-order chi connectivity index (χ1) is 12.9. The van der Waals surface area contributed by atoms with Gasteiger partial charge in [-0.2, -0.15) is 13.2 Å². The van der Waals surface area contributed by atoms with Gasteiger partial charge in [-0.25, -0.2) is 4.39 Å². The van der Waals surface area contributed by atoms with Crippen molar-refractivity contribution in [2.24, 2.45) is 0 Å². The maximum Gasteiger partial charge on any atom is 0.498 e. The fourth-order valence-electron chi connectivity index (χ4n) is 2.86. The molecule has 0 atom stereocenters. The van der Waals surface area contributed by atoms with E-state index in [0.29, 0.717) is 0 Å². The molecular weight excluding hydrogens is 375 g/mol. The fraction of sp³-hybridized carbons (Fsp3) is 0.400. The molecule has 1 aliphatic rings. The number of ether oxygens (including phenoxy) is 1. The van der Waals surface area contributed by atoms with Crippen molar-refractivity contribution >= 4 is 12.6 Å². The van der Waals surface area contributed by atoms with Gasteiger partial charge in [0.2, 0.25) is 0 Å². The standard InChI is InChI=1S/C20H21BF4O3/c1-18(2)19(3,4)28-21(27-18)16-14(20(23,24)25)10-11-15(17(16)22)26-12-13-8-6-5-7-9-13/h5-11H,12H2,1-4H3. The minimum absolute atomic E-state index is 0.0198. The second-order valence-corrected chi connectivity index (χ2v) is 7.70. The maximum absolute atomic E-state index is 15.1. The van der Waals surface area contributed by atoms with Gasteiger partial charge >= 0.3 is 13.3 Å². The first-order valence-corrected chi connectivity index (χ1v) is 8.84. The molecule has 0 radical (unpaired) electrons. The average molecular weight is 396 g/mol. The molecule has 2 aromatic carbocycles. The zero-order valence-corrected chi connectivity index (χ0v) is 16.1. The second kappa shape index (κ2) is 7.08. The molecule has 150 valence electrons. The highest BCUT2D eigenvalue weighted by molar-refractivity contribution is 6.62. The highest BCUT2D eigenvalue weighted by Crippen LogP contribution is 2.39. The summed E-state index contributed by atoms with van der Waals surface area (Å²) in [6, 6.07) is 10.7. The zero-order valence-electron chi connectivity index (χ0n) is 16.1. The first kappa shape index (κ1) is 20.7. The van der Waals surface area contributed by atoms with Crippen LogP contribution in [-0.2, 0) is 22.1 Å². The predicted octanol–water partition coefficient (Wildman–Crippen LogP) is 4.72. The van der Waals surface area contributed by atoms with Crippen molar-refractivity contribution in [3.05, 3.63) is 59.4 Å². The van der Waals surface area contributed by atoms with Crippen LogP contribution in [0.2, 0.25) is 0 Å². The highest BCUT2D eigenvalue weighted by atomic mass is 19.4. The van der Waals surface area contributed by atoms with Crippen molar-refractivity contribution in [3.63, 3.8) is 0 Å². The molecule has 1 aliphatic heterocycles. The number of benzene rings is 2. The molecule has 0 aliphatic carbocycles. The number of halogens is 4. The molecule has 0 aromatic heterocycles. The van der Waals surface area contributed by atoms with Crippen LogP contribution in [0.15, 0.2) is 42.5 Å². The molecule has 0 N–H and O–H groups in total. The smallest absolute Gasteiger partial charge is 0.486 e. The van der Waals surface area contributed by atoms with Gasteiger partial charge < -0.3 is 14.0 Å². The Morgan fingerprint density at radius 1 is 0.929 bits per heavy atom. The van der Waals surface area contributed by atoms with E-state index in [0.717, 1.165) is 17.7 Å². The van der Waals surface area contributed by atoms with Gasteiger partial charge in [0.15, 0.2) is 11.6 Å². The van der Waals surface area contributed by atoms with Crippen molar-refractivity contribution in [3.8, 4) is 5.75 Å². The van der Waals surface area contributed by atoms with Crippen LogP contribution >= 0.6 is 0 Å². The van der Waals surface area contributed by atoms with E-state index in [9.17, 15) is 13.2 Å². The van der Waals surface area contributed by atoms with Crippen LogP contribution in [0.25, 0.3) is 0 Å². The third-order valence-corrected chi connectivity index (χ3v) is 5.18. The van der Waals surface area contributed by atoms with E-state index in [4.69, 9.17) is 14.0 Å². The van der Waals surface area contributed by atoms with Crippen molar-refractivity contribution in [1.29, 1.82) is 0 Å². The zero-order chi connectivity index (χ0) is 20.7. The van der Waals surface area contributed by atoms with Gasteiger partial charge in [0.25, 0.3) is 0 Å². The molecule has 3 nitrogen and oxygen atoms in total. The lowest BCUT2D eigenvalue weighted by molar-refractivity contribution is -0.137. The van der Waals surface area contributed by atoms with Crippen LogP contribution < -0.4 is 10.2 Å². The van der Waals surface area contributed by atoms with Gasteiger partial charge in [-0.15, -0.1) is 0 Å². The Labute approximate surface area is 161 Å². The number of hydrogen-bond acceptors (Lipinski definition) is 3. The molecular formula is C20H21BF4O3. The largest absolute Gasteiger partial charge is 0.498 e. The minimum Gasteiger partial charge on any atom is -0.486 e. The Hall–Kier alpha value is -2.06. The van der Waals surface area contributed by atoms with Gasteiger partial charge in [0.05, 0.1) is 16.8 Å². The normalized spacial score (nSPS) is 18.4. The molecule has 1 heterocycles. The van der Waals surface area contributed by atoms with Gasteiger partial charge in [-0.3, -0.25) is 0 Å². The summed E-state index contributed by atoms with van der Waals surface area (Å²) in [6.07, 6.45) is -4.77. The summed E-state index contributed by atoms with van der Waals surface area (Å²) in [7, 11) is -1.50. The summed E-state index contributed by atoms with van der Waals surface area (Å²) >= 11 is 0. The molecule has 1 fully saturated rings. The lowest BCUT2D eigenvalue weighted by atomic mass is 9.75. The van der Waals surface area contributed by atoms with E-state index < -0.39 is 41.3 Å². The summed E-state index contributed by atoms with van der Waals surface area (Å²) in [5.74, 6) is -1.43. The molecule has 0 unspecified atom stereocenters. The van der Waals surface area contributed by atoms with Gasteiger partial charge in [0.1, 0.15) is 6.61 Å². The summed E-state index contributed by atoms with van der Waals surface area (Å²) in [5, 5.41) is 0. The third kappa shape index (κ3) is 3.89. The van der Waals surface area contributed by atoms with Crippen LogP contribution in [-0.4, -0.2) is 18.3 Å². The molecule has 8 heteroatoms. The average Bonchev–Trinajstić information content (AvgIpc) is 2.81. The molecule has 0 bridgehead atoms. The lowest BCUT2D eigenvalue weighted by Gasteiger charge is -2.32. The summed E-state index contributed by atoms with van der Waals surface area (Å²) in [6.45, 7) is 6.77. The topological polar surface area (TPSA) is 27.7 Å². The minimum atomic E-state index is -4.77. The molecule has 28 heavy (non-hydrogen) atoms. The fourth-order valence-corrected chi connectivity index (χ4v) is 2.86. The van der Waals surface area contributed by atoms with Crippen molar-refractivity contribution in [2.45, 2.75) is 51.7 Å². The van der Waals surface area contributed by atoms with Crippen molar-refractivity contribution in [1.82, 2.24) is 0 Å². The molecule has 0 saturated carbocycles. The number of alkyl halides is 3. The molecule has 1 saturated heterocycles. The van der Waals surface area contributed by atoms with Gasteiger partial charge in [0, 0.05) is 5.46 Å². The monoisotopic (exact) mass is 396 g/mol. The Balaban J connectivity index is 1.99. The van der Waals surface area contributed by atoms with E-state index in [2.05, 4.69) is 0 Å². The lowest BCUT2D eigenvalue weighted by Crippen LogP contribution is -2.41. The van der Waals surface area contributed by atoms with E-state index >= 15 is 4.39 Å². The van der Waals surface area contributed by atoms with Crippen LogP contribution in [0, 0.1) is 5.82 Å².